The number of nitriles is 1. The topological polar surface area (TPSA) is 107 Å². The van der Waals surface area contributed by atoms with Crippen molar-refractivity contribution >= 4 is 27.9 Å². The van der Waals surface area contributed by atoms with E-state index in [1.165, 1.54) is 7.11 Å². The highest BCUT2D eigenvalue weighted by Crippen LogP contribution is 2.39. The normalized spacial score (nSPS) is 11.7. The van der Waals surface area contributed by atoms with Crippen LogP contribution in [0.15, 0.2) is 59.4 Å². The molecule has 0 radical (unpaired) electrons. The first-order valence-electron chi connectivity index (χ1n) is 9.42. The lowest BCUT2D eigenvalue weighted by Crippen LogP contribution is -2.02. The Morgan fingerprint density at radius 3 is 2.55 bits per heavy atom. The number of anilines is 1. The number of nitrogens with zero attached hydrogens (tertiary/aromatic N) is 1. The number of ether oxygens (including phenoxy) is 2. The first kappa shape index (κ1) is 20.5. The van der Waals surface area contributed by atoms with Crippen LogP contribution in [0.1, 0.15) is 22.1 Å². The fourth-order valence-corrected chi connectivity index (χ4v) is 4.24. The van der Waals surface area contributed by atoms with E-state index in [0.29, 0.717) is 39.1 Å². The highest BCUT2D eigenvalue weighted by atomic mass is 32.1. The molecule has 1 unspecified atom stereocenters. The molecule has 0 saturated heterocycles. The van der Waals surface area contributed by atoms with Crippen molar-refractivity contribution in [1.82, 2.24) is 4.98 Å². The number of methoxy groups -OCH3 is 1. The number of thiazole rings is 1. The molecule has 1 aromatic heterocycles. The molecule has 1 atom stereocenters. The van der Waals surface area contributed by atoms with Gasteiger partial charge in [0.05, 0.1) is 23.6 Å². The smallest absolute Gasteiger partial charge is 0.306 e. The number of aromatic amines is 1. The third kappa shape index (κ3) is 3.84. The van der Waals surface area contributed by atoms with Gasteiger partial charge in [0, 0.05) is 17.8 Å². The molecule has 3 N–H and O–H groups in total. The zero-order valence-electron chi connectivity index (χ0n) is 16.8. The molecule has 8 heteroatoms. The van der Waals surface area contributed by atoms with Gasteiger partial charge in [-0.25, -0.2) is 0 Å². The Morgan fingerprint density at radius 1 is 1.10 bits per heavy atom. The fraction of sp³-hybridized carbons (Fsp3) is 0.130. The molecule has 1 heterocycles. The van der Waals surface area contributed by atoms with Gasteiger partial charge in [-0.2, -0.15) is 5.26 Å². The van der Waals surface area contributed by atoms with Crippen LogP contribution in [-0.4, -0.2) is 24.2 Å². The Labute approximate surface area is 182 Å². The van der Waals surface area contributed by atoms with Crippen LogP contribution in [-0.2, 0) is 0 Å². The second-order valence-electron chi connectivity index (χ2n) is 6.69. The van der Waals surface area contributed by atoms with Crippen LogP contribution in [0.2, 0.25) is 0 Å². The quantitative estimate of drug-likeness (QED) is 0.416. The highest BCUT2D eigenvalue weighted by molar-refractivity contribution is 7.09. The summed E-state index contributed by atoms with van der Waals surface area (Å²) in [6.07, 6.45) is -1.01. The van der Waals surface area contributed by atoms with Crippen LogP contribution < -0.4 is 19.7 Å². The SMILES string of the molecule is CNc1[nH]c(=O)sc1C(O)c1ccc(Oc2ccc(C#N)c3ccccc23)c(OC)c1. The van der Waals surface area contributed by atoms with Crippen LogP contribution in [0.25, 0.3) is 10.8 Å². The lowest BCUT2D eigenvalue weighted by Gasteiger charge is -2.16. The maximum atomic E-state index is 11.7. The average Bonchev–Trinajstić information content (AvgIpc) is 3.19. The second kappa shape index (κ2) is 8.52. The summed E-state index contributed by atoms with van der Waals surface area (Å²) in [5.41, 5.74) is 1.12. The average molecular weight is 433 g/mol. The number of fused-ring (bicyclic) bond motifs is 1. The van der Waals surface area contributed by atoms with Crippen LogP contribution in [0.5, 0.6) is 17.2 Å². The summed E-state index contributed by atoms with van der Waals surface area (Å²) in [6.45, 7) is 0. The molecule has 0 aliphatic heterocycles. The lowest BCUT2D eigenvalue weighted by atomic mass is 10.0. The third-order valence-electron chi connectivity index (χ3n) is 4.90. The van der Waals surface area contributed by atoms with Gasteiger partial charge in [0.15, 0.2) is 11.5 Å². The molecule has 0 spiro atoms. The molecule has 7 nitrogen and oxygen atoms in total. The van der Waals surface area contributed by atoms with E-state index >= 15 is 0 Å². The number of H-pyrrole nitrogens is 1. The Hall–Kier alpha value is -3.80. The van der Waals surface area contributed by atoms with Crippen LogP contribution in [0, 0.1) is 11.3 Å². The van der Waals surface area contributed by atoms with Gasteiger partial charge in [0.25, 0.3) is 0 Å². The zero-order chi connectivity index (χ0) is 22.0. The van der Waals surface area contributed by atoms with E-state index in [1.807, 2.05) is 24.3 Å². The lowest BCUT2D eigenvalue weighted by molar-refractivity contribution is 0.224. The molecule has 4 rings (SSSR count). The number of aliphatic hydroxyl groups is 1. The molecule has 0 bridgehead atoms. The Kier molecular flexibility index (Phi) is 5.62. The van der Waals surface area contributed by atoms with Crippen LogP contribution >= 0.6 is 11.3 Å². The molecule has 3 aromatic carbocycles. The third-order valence-corrected chi connectivity index (χ3v) is 5.84. The van der Waals surface area contributed by atoms with Crippen molar-refractivity contribution in [3.8, 4) is 23.3 Å². The highest BCUT2D eigenvalue weighted by Gasteiger charge is 2.20. The molecule has 0 aliphatic carbocycles. The molecular weight excluding hydrogens is 414 g/mol. The number of aromatic nitrogens is 1. The van der Waals surface area contributed by atoms with Crippen molar-refractivity contribution in [2.45, 2.75) is 6.10 Å². The number of rotatable bonds is 6. The van der Waals surface area contributed by atoms with E-state index in [0.717, 1.165) is 22.1 Å². The molecule has 0 aliphatic rings. The first-order chi connectivity index (χ1) is 15.0. The van der Waals surface area contributed by atoms with Gasteiger partial charge in [-0.15, -0.1) is 0 Å². The van der Waals surface area contributed by atoms with Crippen molar-refractivity contribution in [3.63, 3.8) is 0 Å². The molecule has 156 valence electrons. The van der Waals surface area contributed by atoms with E-state index < -0.39 is 6.10 Å². The van der Waals surface area contributed by atoms with Crippen molar-refractivity contribution in [3.05, 3.63) is 80.3 Å². The predicted molar refractivity (Wildman–Crippen MR) is 120 cm³/mol. The summed E-state index contributed by atoms with van der Waals surface area (Å²) in [5, 5.41) is 24.6. The minimum absolute atomic E-state index is 0.252. The summed E-state index contributed by atoms with van der Waals surface area (Å²) >= 11 is 0.945. The van der Waals surface area contributed by atoms with E-state index in [2.05, 4.69) is 16.4 Å². The van der Waals surface area contributed by atoms with E-state index in [4.69, 9.17) is 9.47 Å². The summed E-state index contributed by atoms with van der Waals surface area (Å²) in [4.78, 5) is 14.6. The van der Waals surface area contributed by atoms with Crippen molar-refractivity contribution in [1.29, 1.82) is 5.26 Å². The molecule has 31 heavy (non-hydrogen) atoms. The molecule has 4 aromatic rings. The zero-order valence-corrected chi connectivity index (χ0v) is 17.6. The van der Waals surface area contributed by atoms with Crippen molar-refractivity contribution < 1.29 is 14.6 Å². The van der Waals surface area contributed by atoms with Gasteiger partial charge < -0.3 is 19.9 Å². The maximum absolute atomic E-state index is 11.7. The van der Waals surface area contributed by atoms with E-state index in [9.17, 15) is 15.2 Å². The van der Waals surface area contributed by atoms with Crippen molar-refractivity contribution in [2.75, 3.05) is 19.5 Å². The van der Waals surface area contributed by atoms with Crippen LogP contribution in [0.4, 0.5) is 5.82 Å². The van der Waals surface area contributed by atoms with E-state index in [-0.39, 0.29) is 4.87 Å². The largest absolute Gasteiger partial charge is 0.493 e. The monoisotopic (exact) mass is 433 g/mol. The first-order valence-corrected chi connectivity index (χ1v) is 10.2. The predicted octanol–water partition coefficient (Wildman–Crippen LogP) is 4.39. The molecule has 0 amide bonds. The number of benzene rings is 3. The van der Waals surface area contributed by atoms with Gasteiger partial charge in [-0.1, -0.05) is 41.7 Å². The van der Waals surface area contributed by atoms with Gasteiger partial charge >= 0.3 is 4.87 Å². The van der Waals surface area contributed by atoms with Crippen molar-refractivity contribution in [2.24, 2.45) is 0 Å². The Morgan fingerprint density at radius 2 is 1.84 bits per heavy atom. The Bertz CT molecular complexity index is 1350. The number of nitrogens with one attached hydrogen (secondary N) is 2. The Balaban J connectivity index is 1.71. The van der Waals surface area contributed by atoms with Gasteiger partial charge in [0.2, 0.25) is 0 Å². The second-order valence-corrected chi connectivity index (χ2v) is 7.70. The maximum Gasteiger partial charge on any atom is 0.306 e. The number of hydrogen-bond donors (Lipinski definition) is 3. The van der Waals surface area contributed by atoms with Gasteiger partial charge in [0.1, 0.15) is 17.7 Å². The van der Waals surface area contributed by atoms with Crippen LogP contribution in [0.3, 0.4) is 0 Å². The summed E-state index contributed by atoms with van der Waals surface area (Å²) in [7, 11) is 3.19. The minimum Gasteiger partial charge on any atom is -0.493 e. The summed E-state index contributed by atoms with van der Waals surface area (Å²) in [6, 6.07) is 18.3. The number of aliphatic hydroxyl groups excluding tert-OH is 1. The summed E-state index contributed by atoms with van der Waals surface area (Å²) < 4.78 is 11.6. The summed E-state index contributed by atoms with van der Waals surface area (Å²) in [5.74, 6) is 1.96. The molecular formula is C23H19N3O4S. The van der Waals surface area contributed by atoms with Gasteiger partial charge in [-0.3, -0.25) is 9.78 Å². The molecule has 0 saturated carbocycles. The number of hydrogen-bond acceptors (Lipinski definition) is 7. The minimum atomic E-state index is -1.01. The standard InChI is InChI=1S/C23H19N3O4S/c1-25-22-21(31-23(28)26-22)20(27)13-7-10-18(19(11-13)29-2)30-17-9-8-14(12-24)15-5-3-4-6-16(15)17/h3-11,20,25,27H,1-2H3,(H,26,28). The molecule has 0 fully saturated rings. The van der Waals surface area contributed by atoms with E-state index in [1.54, 1.807) is 37.4 Å². The van der Waals surface area contributed by atoms with Gasteiger partial charge in [-0.05, 0) is 29.8 Å². The fourth-order valence-electron chi connectivity index (χ4n) is 3.38.